The van der Waals surface area contributed by atoms with Crippen LogP contribution in [-0.4, -0.2) is 38.3 Å². The SMILES string of the molecule is COc1cccc2c1[C@@H]1CN(CCCCC#N)C[C@@H]1CO2. The van der Waals surface area contributed by atoms with Crippen LogP contribution in [0.15, 0.2) is 18.2 Å². The maximum atomic E-state index is 8.60. The molecule has 1 saturated heterocycles. The summed E-state index contributed by atoms with van der Waals surface area (Å²) in [7, 11) is 1.73. The van der Waals surface area contributed by atoms with E-state index in [9.17, 15) is 0 Å². The van der Waals surface area contributed by atoms with Gasteiger partial charge in [-0.1, -0.05) is 6.07 Å². The van der Waals surface area contributed by atoms with Crippen LogP contribution in [0.1, 0.15) is 30.7 Å². The summed E-state index contributed by atoms with van der Waals surface area (Å²) >= 11 is 0. The lowest BCUT2D eigenvalue weighted by Gasteiger charge is -2.29. The van der Waals surface area contributed by atoms with Gasteiger partial charge in [0.25, 0.3) is 0 Å². The minimum atomic E-state index is 0.515. The first kappa shape index (κ1) is 14.2. The maximum absolute atomic E-state index is 8.60. The fourth-order valence-electron chi connectivity index (χ4n) is 3.57. The molecule has 0 spiro atoms. The Morgan fingerprint density at radius 1 is 1.38 bits per heavy atom. The van der Waals surface area contributed by atoms with Crippen LogP contribution < -0.4 is 9.47 Å². The quantitative estimate of drug-likeness (QED) is 0.781. The van der Waals surface area contributed by atoms with Crippen molar-refractivity contribution in [1.82, 2.24) is 4.90 Å². The molecule has 112 valence electrons. The summed E-state index contributed by atoms with van der Waals surface area (Å²) < 4.78 is 11.5. The van der Waals surface area contributed by atoms with Gasteiger partial charge in [-0.05, 0) is 31.5 Å². The highest BCUT2D eigenvalue weighted by Gasteiger charge is 2.40. The van der Waals surface area contributed by atoms with Crippen LogP contribution in [0.4, 0.5) is 0 Å². The Kier molecular flexibility index (Phi) is 4.31. The second kappa shape index (κ2) is 6.36. The van der Waals surface area contributed by atoms with Gasteiger partial charge in [0, 0.05) is 36.9 Å². The first-order chi connectivity index (χ1) is 10.3. The summed E-state index contributed by atoms with van der Waals surface area (Å²) in [5, 5.41) is 8.60. The molecule has 1 aromatic carbocycles. The van der Waals surface area contributed by atoms with E-state index in [0.717, 1.165) is 50.6 Å². The van der Waals surface area contributed by atoms with Gasteiger partial charge in [0.15, 0.2) is 0 Å². The van der Waals surface area contributed by atoms with E-state index in [0.29, 0.717) is 18.3 Å². The van der Waals surface area contributed by atoms with Gasteiger partial charge in [-0.15, -0.1) is 0 Å². The predicted molar refractivity (Wildman–Crippen MR) is 80.6 cm³/mol. The summed E-state index contributed by atoms with van der Waals surface area (Å²) in [5.41, 5.74) is 1.25. The van der Waals surface area contributed by atoms with Crippen molar-refractivity contribution in [3.8, 4) is 17.6 Å². The monoisotopic (exact) mass is 286 g/mol. The molecule has 3 rings (SSSR count). The maximum Gasteiger partial charge on any atom is 0.126 e. The third-order valence-corrected chi connectivity index (χ3v) is 4.60. The highest BCUT2D eigenvalue weighted by Crippen LogP contribution is 2.45. The zero-order valence-electron chi connectivity index (χ0n) is 12.5. The average Bonchev–Trinajstić information content (AvgIpc) is 2.94. The number of hydrogen-bond acceptors (Lipinski definition) is 4. The molecule has 1 fully saturated rings. The van der Waals surface area contributed by atoms with Gasteiger partial charge in [0.1, 0.15) is 11.5 Å². The number of likely N-dealkylation sites (tertiary alicyclic amines) is 1. The Hall–Kier alpha value is -1.73. The van der Waals surface area contributed by atoms with Crippen LogP contribution in [-0.2, 0) is 0 Å². The van der Waals surface area contributed by atoms with Crippen LogP contribution in [0.5, 0.6) is 11.5 Å². The standard InChI is InChI=1S/C17H22N2O2/c1-20-15-6-5-7-16-17(15)14-11-19(9-4-2-3-8-18)10-13(14)12-21-16/h5-7,13-14H,2-4,9-12H2,1H3/t13-,14-/m1/s1. The van der Waals surface area contributed by atoms with Crippen LogP contribution in [0, 0.1) is 17.2 Å². The van der Waals surface area contributed by atoms with Crippen molar-refractivity contribution in [2.75, 3.05) is 33.4 Å². The molecule has 0 bridgehead atoms. The van der Waals surface area contributed by atoms with E-state index in [1.54, 1.807) is 7.11 Å². The van der Waals surface area contributed by atoms with Crippen molar-refractivity contribution in [1.29, 1.82) is 5.26 Å². The molecule has 0 aromatic heterocycles. The molecule has 1 aromatic rings. The van der Waals surface area contributed by atoms with E-state index in [2.05, 4.69) is 11.0 Å². The predicted octanol–water partition coefficient (Wildman–Crippen LogP) is 2.80. The molecule has 2 heterocycles. The summed E-state index contributed by atoms with van der Waals surface area (Å²) in [5.74, 6) is 3.01. The van der Waals surface area contributed by atoms with Crippen LogP contribution in [0.25, 0.3) is 0 Å². The van der Waals surface area contributed by atoms with Crippen LogP contribution in [0.3, 0.4) is 0 Å². The zero-order chi connectivity index (χ0) is 14.7. The Bertz CT molecular complexity index is 524. The minimum Gasteiger partial charge on any atom is -0.496 e. The van der Waals surface area contributed by atoms with E-state index in [-0.39, 0.29) is 0 Å². The van der Waals surface area contributed by atoms with E-state index < -0.39 is 0 Å². The van der Waals surface area contributed by atoms with Crippen LogP contribution in [0.2, 0.25) is 0 Å². The van der Waals surface area contributed by atoms with Gasteiger partial charge >= 0.3 is 0 Å². The molecule has 2 aliphatic rings. The highest BCUT2D eigenvalue weighted by atomic mass is 16.5. The Balaban J connectivity index is 1.69. The number of methoxy groups -OCH3 is 1. The average molecular weight is 286 g/mol. The largest absolute Gasteiger partial charge is 0.496 e. The molecule has 2 aliphatic heterocycles. The van der Waals surface area contributed by atoms with Gasteiger partial charge in [-0.25, -0.2) is 0 Å². The normalized spacial score (nSPS) is 23.8. The molecular weight excluding hydrogens is 264 g/mol. The number of nitriles is 1. The van der Waals surface area contributed by atoms with Gasteiger partial charge in [0.2, 0.25) is 0 Å². The molecule has 0 amide bonds. The number of hydrogen-bond donors (Lipinski definition) is 0. The van der Waals surface area contributed by atoms with E-state index >= 15 is 0 Å². The van der Waals surface area contributed by atoms with E-state index in [4.69, 9.17) is 14.7 Å². The van der Waals surface area contributed by atoms with Gasteiger partial charge in [-0.3, -0.25) is 0 Å². The van der Waals surface area contributed by atoms with Gasteiger partial charge in [-0.2, -0.15) is 5.26 Å². The second-order valence-corrected chi connectivity index (χ2v) is 5.92. The summed E-state index contributed by atoms with van der Waals surface area (Å²) in [4.78, 5) is 2.51. The first-order valence-electron chi connectivity index (χ1n) is 7.72. The number of fused-ring (bicyclic) bond motifs is 3. The number of ether oxygens (including phenoxy) is 2. The van der Waals surface area contributed by atoms with E-state index in [1.165, 1.54) is 5.56 Å². The van der Waals surface area contributed by atoms with Crippen molar-refractivity contribution in [3.05, 3.63) is 23.8 Å². The summed E-state index contributed by atoms with van der Waals surface area (Å²) in [6, 6.07) is 8.28. The van der Waals surface area contributed by atoms with Crippen molar-refractivity contribution in [2.24, 2.45) is 5.92 Å². The van der Waals surface area contributed by atoms with Gasteiger partial charge < -0.3 is 14.4 Å². The molecule has 4 heteroatoms. The lowest BCUT2D eigenvalue weighted by Crippen LogP contribution is -2.25. The van der Waals surface area contributed by atoms with Crippen molar-refractivity contribution in [2.45, 2.75) is 25.2 Å². The molecule has 0 unspecified atom stereocenters. The Labute approximate surface area is 126 Å². The fraction of sp³-hybridized carbons (Fsp3) is 0.588. The fourth-order valence-corrected chi connectivity index (χ4v) is 3.57. The smallest absolute Gasteiger partial charge is 0.126 e. The molecule has 0 radical (unpaired) electrons. The number of unbranched alkanes of at least 4 members (excludes halogenated alkanes) is 2. The summed E-state index contributed by atoms with van der Waals surface area (Å²) in [6.45, 7) is 4.06. The molecule has 21 heavy (non-hydrogen) atoms. The minimum absolute atomic E-state index is 0.515. The Morgan fingerprint density at radius 3 is 3.10 bits per heavy atom. The van der Waals surface area contributed by atoms with Crippen LogP contribution >= 0.6 is 0 Å². The molecule has 0 N–H and O–H groups in total. The molecule has 4 nitrogen and oxygen atoms in total. The molecule has 0 saturated carbocycles. The highest BCUT2D eigenvalue weighted by molar-refractivity contribution is 5.49. The second-order valence-electron chi connectivity index (χ2n) is 5.92. The lowest BCUT2D eigenvalue weighted by atomic mass is 9.86. The molecule has 2 atom stereocenters. The molecular formula is C17H22N2O2. The third-order valence-electron chi connectivity index (χ3n) is 4.60. The lowest BCUT2D eigenvalue weighted by molar-refractivity contribution is 0.209. The number of rotatable bonds is 5. The van der Waals surface area contributed by atoms with Crippen molar-refractivity contribution < 1.29 is 9.47 Å². The topological polar surface area (TPSA) is 45.5 Å². The molecule has 0 aliphatic carbocycles. The van der Waals surface area contributed by atoms with E-state index in [1.807, 2.05) is 18.2 Å². The third kappa shape index (κ3) is 2.84. The zero-order valence-corrected chi connectivity index (χ0v) is 12.5. The summed E-state index contributed by atoms with van der Waals surface area (Å²) in [6.07, 6.45) is 2.77. The number of benzene rings is 1. The number of nitrogens with zero attached hydrogens (tertiary/aromatic N) is 2. The Morgan fingerprint density at radius 2 is 2.29 bits per heavy atom. The van der Waals surface area contributed by atoms with Crippen molar-refractivity contribution in [3.63, 3.8) is 0 Å². The van der Waals surface area contributed by atoms with Crippen molar-refractivity contribution >= 4 is 0 Å². The first-order valence-corrected chi connectivity index (χ1v) is 7.72. The van der Waals surface area contributed by atoms with Gasteiger partial charge in [0.05, 0.1) is 19.8 Å².